The number of ether oxygens (including phenoxy) is 7. The maximum Gasteiger partial charge on any atom is 0.510 e. The molecule has 1 N–H and O–H groups in total. The predicted molar refractivity (Wildman–Crippen MR) is 226 cm³/mol. The Balaban J connectivity index is 1.46. The monoisotopic (exact) mass is 912 g/mol. The van der Waals surface area contributed by atoms with Crippen LogP contribution in [0.5, 0.6) is 11.5 Å². The number of azide groups is 1. The minimum atomic E-state index is -4.89. The van der Waals surface area contributed by atoms with E-state index >= 15 is 4.39 Å². The van der Waals surface area contributed by atoms with Crippen molar-refractivity contribution in [1.29, 1.82) is 0 Å². The van der Waals surface area contributed by atoms with Crippen molar-refractivity contribution in [3.8, 4) is 11.5 Å². The van der Waals surface area contributed by atoms with Crippen LogP contribution < -0.4 is 20.5 Å². The highest BCUT2D eigenvalue weighted by molar-refractivity contribution is 7.48. The molecule has 0 aliphatic carbocycles. The third-order valence-electron chi connectivity index (χ3n) is 9.92. The molecule has 3 aromatic carbocycles. The first-order valence-corrected chi connectivity index (χ1v) is 21.3. The summed E-state index contributed by atoms with van der Waals surface area (Å²) < 4.78 is 83.4. The summed E-state index contributed by atoms with van der Waals surface area (Å²) in [5.41, 5.74) is 7.57. The third kappa shape index (κ3) is 11.9. The van der Waals surface area contributed by atoms with Crippen molar-refractivity contribution in [2.75, 3.05) is 46.3 Å². The van der Waals surface area contributed by atoms with Gasteiger partial charge in [-0.3, -0.25) is 9.09 Å². The van der Waals surface area contributed by atoms with Gasteiger partial charge in [0.05, 0.1) is 39.6 Å². The largest absolute Gasteiger partial charge is 0.510 e. The number of aromatic nitrogens is 2. The molecule has 64 heavy (non-hydrogen) atoms. The molecule has 0 spiro atoms. The lowest BCUT2D eigenvalue weighted by molar-refractivity contribution is -0.113. The molecule has 1 aromatic heterocycles. The number of carbonyl (C=O) groups is 2. The van der Waals surface area contributed by atoms with E-state index in [9.17, 15) is 24.5 Å². The number of methoxy groups -OCH3 is 2. The van der Waals surface area contributed by atoms with Crippen LogP contribution >= 0.6 is 7.82 Å². The number of anilines is 1. The number of carbonyl (C=O) groups excluding carboxylic acids is 2. The minimum absolute atomic E-state index is 0.107. The number of phosphoric acid groups is 1. The Bertz CT molecular complexity index is 2250. The van der Waals surface area contributed by atoms with Gasteiger partial charge in [0.15, 0.2) is 12.4 Å². The van der Waals surface area contributed by atoms with Gasteiger partial charge in [-0.1, -0.05) is 66.6 Å². The van der Waals surface area contributed by atoms with Crippen LogP contribution in [0.1, 0.15) is 57.5 Å². The van der Waals surface area contributed by atoms with E-state index in [1.807, 2.05) is 78.9 Å². The van der Waals surface area contributed by atoms with E-state index in [0.717, 1.165) is 21.3 Å². The van der Waals surface area contributed by atoms with Gasteiger partial charge in [0, 0.05) is 17.0 Å². The molecule has 1 aliphatic heterocycles. The zero-order valence-electron chi connectivity index (χ0n) is 36.2. The maximum absolute atomic E-state index is 16.5. The molecular weight excluding hydrogens is 862 g/mol. The molecule has 1 saturated heterocycles. The van der Waals surface area contributed by atoms with E-state index in [2.05, 4.69) is 20.3 Å². The number of rotatable bonds is 21. The number of alkyl halides is 1. The van der Waals surface area contributed by atoms with Gasteiger partial charge in [0.25, 0.3) is 0 Å². The topological polar surface area (TPSA) is 239 Å². The van der Waals surface area contributed by atoms with Crippen molar-refractivity contribution < 1.29 is 65.3 Å². The molecule has 1 fully saturated rings. The smallest absolute Gasteiger partial charge is 0.497 e. The SMILES string of the molecule is COc1ccc(C(Nc2ccn([C@@H]3O[C@](CN=[N+]=[N-])(COP(=O)(OCOC(=O)OC(C)C)OCOC(=O)OC(C)C)[C@@H](C)[C@H]3F)c(=O)n2)(c2ccccc2)c2ccc(OC)cc2)cc1. The zero-order valence-corrected chi connectivity index (χ0v) is 37.0. The molecule has 4 atom stereocenters. The average molecular weight is 913 g/mol. The first-order chi connectivity index (χ1) is 30.6. The summed E-state index contributed by atoms with van der Waals surface area (Å²) in [5.74, 6) is 0.128. The molecule has 22 heteroatoms. The minimum Gasteiger partial charge on any atom is -0.497 e. The number of nitrogens with zero attached hydrogens (tertiary/aromatic N) is 5. The van der Waals surface area contributed by atoms with E-state index in [1.54, 1.807) is 41.9 Å². The summed E-state index contributed by atoms with van der Waals surface area (Å²) in [6.45, 7) is 4.13. The van der Waals surface area contributed by atoms with Crippen LogP contribution in [0, 0.1) is 5.92 Å². The highest BCUT2D eigenvalue weighted by Gasteiger charge is 2.55. The van der Waals surface area contributed by atoms with E-state index in [4.69, 9.17) is 46.7 Å². The normalized spacial score (nSPS) is 18.5. The summed E-state index contributed by atoms with van der Waals surface area (Å²) >= 11 is 0. The summed E-state index contributed by atoms with van der Waals surface area (Å²) in [5, 5.41) is 7.08. The van der Waals surface area contributed by atoms with E-state index in [0.29, 0.717) is 11.5 Å². The summed E-state index contributed by atoms with van der Waals surface area (Å²) in [7, 11) is -1.77. The standard InChI is InChI=1S/C42H50FN6O14P/c1-27(2)61-39(51)56-25-59-64(53,60-26-57-40(52)62-28(3)4)58-24-41(23-45-48-44)29(5)36(43)37(63-41)49-22-21-35(46-38(49)50)47-42(30-11-9-8-10-12-30,31-13-17-33(54-6)18-14-31)32-15-19-34(55-7)20-16-32/h8-22,27-29,36-37H,23-26H2,1-7H3,(H,46,47,50)/t29-,36+,37+,41+/m0/s1. The number of benzene rings is 3. The molecular formula is C42H50FN6O14P. The number of hydrogen-bond acceptors (Lipinski definition) is 17. The molecule has 0 bridgehead atoms. The second-order valence-corrected chi connectivity index (χ2v) is 16.4. The van der Waals surface area contributed by atoms with Crippen LogP contribution in [0.4, 0.5) is 19.8 Å². The molecule has 0 radical (unpaired) electrons. The second-order valence-electron chi connectivity index (χ2n) is 14.7. The fourth-order valence-corrected chi connectivity index (χ4v) is 7.65. The number of nitrogens with one attached hydrogen (secondary N) is 1. The van der Waals surface area contributed by atoms with Gasteiger partial charge in [-0.2, -0.15) is 4.98 Å². The van der Waals surface area contributed by atoms with Crippen molar-refractivity contribution in [1.82, 2.24) is 9.55 Å². The van der Waals surface area contributed by atoms with Crippen LogP contribution in [0.25, 0.3) is 10.4 Å². The summed E-state index contributed by atoms with van der Waals surface area (Å²) in [4.78, 5) is 45.0. The lowest BCUT2D eigenvalue weighted by Crippen LogP contribution is -2.44. The Hall–Kier alpha value is -6.21. The Morgan fingerprint density at radius 1 is 0.875 bits per heavy atom. The predicted octanol–water partition coefficient (Wildman–Crippen LogP) is 8.41. The van der Waals surface area contributed by atoms with Gasteiger partial charge in [-0.05, 0) is 80.2 Å². The summed E-state index contributed by atoms with van der Waals surface area (Å²) in [6.07, 6.45) is -5.83. The molecule has 20 nitrogen and oxygen atoms in total. The quantitative estimate of drug-likeness (QED) is 0.0157. The Morgan fingerprint density at radius 3 is 1.86 bits per heavy atom. The van der Waals surface area contributed by atoms with Gasteiger partial charge in [-0.15, -0.1) is 0 Å². The fraction of sp³-hybridized carbons (Fsp3) is 0.429. The molecule has 0 unspecified atom stereocenters. The molecule has 4 aromatic rings. The van der Waals surface area contributed by atoms with E-state index in [1.165, 1.54) is 19.2 Å². The van der Waals surface area contributed by atoms with Crippen molar-refractivity contribution in [3.05, 3.63) is 129 Å². The van der Waals surface area contributed by atoms with Gasteiger partial charge in [-0.25, -0.2) is 32.4 Å². The van der Waals surface area contributed by atoms with Gasteiger partial charge < -0.3 is 38.5 Å². The maximum atomic E-state index is 16.5. The van der Waals surface area contributed by atoms with Crippen LogP contribution in [0.15, 0.2) is 101 Å². The molecule has 5 rings (SSSR count). The van der Waals surface area contributed by atoms with E-state index in [-0.39, 0.29) is 5.82 Å². The lowest BCUT2D eigenvalue weighted by atomic mass is 9.77. The van der Waals surface area contributed by atoms with Crippen LogP contribution in [0.3, 0.4) is 0 Å². The van der Waals surface area contributed by atoms with Crippen molar-refractivity contribution in [2.45, 2.75) is 70.4 Å². The lowest BCUT2D eigenvalue weighted by Gasteiger charge is -2.37. The van der Waals surface area contributed by atoms with Crippen LogP contribution in [-0.4, -0.2) is 86.8 Å². The summed E-state index contributed by atoms with van der Waals surface area (Å²) in [6, 6.07) is 25.7. The Labute approximate surface area is 368 Å². The highest BCUT2D eigenvalue weighted by atomic mass is 31.2. The van der Waals surface area contributed by atoms with Crippen molar-refractivity contribution in [2.24, 2.45) is 11.0 Å². The number of halogens is 1. The van der Waals surface area contributed by atoms with Gasteiger partial charge >= 0.3 is 25.8 Å². The van der Waals surface area contributed by atoms with Gasteiger partial charge in [0.1, 0.15) is 28.5 Å². The highest BCUT2D eigenvalue weighted by Crippen LogP contribution is 2.53. The second kappa shape index (κ2) is 21.9. The van der Waals surface area contributed by atoms with Crippen molar-refractivity contribution in [3.63, 3.8) is 0 Å². The average Bonchev–Trinajstić information content (AvgIpc) is 3.52. The van der Waals surface area contributed by atoms with E-state index < -0.39 is 94.2 Å². The fourth-order valence-electron chi connectivity index (χ4n) is 6.69. The van der Waals surface area contributed by atoms with Crippen LogP contribution in [-0.2, 0) is 47.4 Å². The van der Waals surface area contributed by atoms with Gasteiger partial charge in [0.2, 0.25) is 13.6 Å². The zero-order chi connectivity index (χ0) is 46.5. The molecule has 0 amide bonds. The molecule has 0 saturated carbocycles. The van der Waals surface area contributed by atoms with Crippen molar-refractivity contribution >= 4 is 26.0 Å². The number of hydrogen-bond donors (Lipinski definition) is 1. The Kier molecular flexibility index (Phi) is 16.7. The van der Waals surface area contributed by atoms with Crippen LogP contribution in [0.2, 0.25) is 0 Å². The Morgan fingerprint density at radius 2 is 1.39 bits per heavy atom. The molecule has 344 valence electrons. The first-order valence-electron chi connectivity index (χ1n) is 19.8. The molecule has 1 aliphatic rings. The molecule has 2 heterocycles. The third-order valence-corrected chi connectivity index (χ3v) is 11.2. The first kappa shape index (κ1) is 48.8. The number of phosphoric ester groups is 1.